The molecular formula is C19H16FNO4. The van der Waals surface area contributed by atoms with Crippen LogP contribution in [0.2, 0.25) is 0 Å². The number of hydrogen-bond donors (Lipinski definition) is 0. The van der Waals surface area contributed by atoms with E-state index in [0.717, 1.165) is 5.56 Å². The minimum absolute atomic E-state index is 0.0986. The Balaban J connectivity index is 1.38. The summed E-state index contributed by atoms with van der Waals surface area (Å²) in [6.07, 6.45) is -0.274. The van der Waals surface area contributed by atoms with Crippen LogP contribution in [-0.2, 0) is 11.3 Å². The molecule has 6 heteroatoms. The van der Waals surface area contributed by atoms with Crippen molar-refractivity contribution in [1.29, 1.82) is 0 Å². The summed E-state index contributed by atoms with van der Waals surface area (Å²) in [4.78, 5) is 25.9. The Morgan fingerprint density at radius 1 is 1.20 bits per heavy atom. The van der Waals surface area contributed by atoms with Gasteiger partial charge >= 0.3 is 6.09 Å². The van der Waals surface area contributed by atoms with Crippen LogP contribution in [0.5, 0.6) is 5.75 Å². The quantitative estimate of drug-likeness (QED) is 0.842. The van der Waals surface area contributed by atoms with Crippen molar-refractivity contribution in [2.45, 2.75) is 18.6 Å². The number of ether oxygens (including phenoxy) is 2. The van der Waals surface area contributed by atoms with Crippen LogP contribution in [0.4, 0.5) is 9.18 Å². The number of carbonyl (C=O) groups excluding carboxylic acids is 2. The number of fused-ring (bicyclic) bond motifs is 1. The van der Waals surface area contributed by atoms with E-state index in [4.69, 9.17) is 9.47 Å². The number of benzene rings is 2. The molecule has 4 rings (SSSR count). The van der Waals surface area contributed by atoms with Crippen molar-refractivity contribution in [3.63, 3.8) is 0 Å². The summed E-state index contributed by atoms with van der Waals surface area (Å²) in [5.74, 6) is -0.311. The van der Waals surface area contributed by atoms with Gasteiger partial charge in [0, 0.05) is 6.07 Å². The van der Waals surface area contributed by atoms with E-state index in [1.165, 1.54) is 23.1 Å². The highest BCUT2D eigenvalue weighted by Gasteiger charge is 2.52. The number of nitrogens with zero attached hydrogens (tertiary/aromatic N) is 1. The normalized spacial score (nSPS) is 17.5. The fraction of sp³-hybridized carbons (Fsp3) is 0.263. The van der Waals surface area contributed by atoms with Gasteiger partial charge in [0.2, 0.25) is 0 Å². The van der Waals surface area contributed by atoms with E-state index < -0.39 is 17.5 Å². The SMILES string of the molecule is O=C1CC2(CN(C(=O)OCc3ccccc3)C2)Oc2cc(F)ccc21. The summed E-state index contributed by atoms with van der Waals surface area (Å²) in [6, 6.07) is 13.3. The van der Waals surface area contributed by atoms with Crippen molar-refractivity contribution in [1.82, 2.24) is 4.90 Å². The summed E-state index contributed by atoms with van der Waals surface area (Å²) >= 11 is 0. The van der Waals surface area contributed by atoms with Crippen molar-refractivity contribution in [2.75, 3.05) is 13.1 Å². The molecular weight excluding hydrogens is 325 g/mol. The molecule has 128 valence electrons. The molecule has 0 bridgehead atoms. The van der Waals surface area contributed by atoms with Crippen molar-refractivity contribution in [3.8, 4) is 5.75 Å². The molecule has 25 heavy (non-hydrogen) atoms. The fourth-order valence-electron chi connectivity index (χ4n) is 3.23. The smallest absolute Gasteiger partial charge is 0.410 e. The number of rotatable bonds is 2. The number of halogens is 1. The van der Waals surface area contributed by atoms with Gasteiger partial charge in [0.1, 0.15) is 18.2 Å². The Labute approximate surface area is 144 Å². The lowest BCUT2D eigenvalue weighted by atomic mass is 9.84. The molecule has 2 aliphatic rings. The lowest BCUT2D eigenvalue weighted by Crippen LogP contribution is -2.68. The van der Waals surface area contributed by atoms with Crippen LogP contribution in [0.15, 0.2) is 48.5 Å². The largest absolute Gasteiger partial charge is 0.482 e. The molecule has 0 saturated carbocycles. The van der Waals surface area contributed by atoms with Gasteiger partial charge in [-0.3, -0.25) is 4.79 Å². The molecule has 2 aromatic carbocycles. The Kier molecular flexibility index (Phi) is 3.67. The van der Waals surface area contributed by atoms with Crippen LogP contribution >= 0.6 is 0 Å². The summed E-state index contributed by atoms with van der Waals surface area (Å²) in [5.41, 5.74) is 0.514. The molecule has 0 radical (unpaired) electrons. The van der Waals surface area contributed by atoms with E-state index in [9.17, 15) is 14.0 Å². The fourth-order valence-corrected chi connectivity index (χ4v) is 3.23. The van der Waals surface area contributed by atoms with Gasteiger partial charge in [0.05, 0.1) is 25.1 Å². The molecule has 2 aliphatic heterocycles. The molecule has 1 spiro atoms. The lowest BCUT2D eigenvalue weighted by molar-refractivity contribution is -0.0745. The molecule has 2 aromatic rings. The Bertz CT molecular complexity index is 831. The Morgan fingerprint density at radius 2 is 1.96 bits per heavy atom. The predicted molar refractivity (Wildman–Crippen MR) is 86.9 cm³/mol. The van der Waals surface area contributed by atoms with Gasteiger partial charge in [-0.05, 0) is 17.7 Å². The maximum absolute atomic E-state index is 13.4. The second-order valence-corrected chi connectivity index (χ2v) is 6.42. The van der Waals surface area contributed by atoms with Crippen LogP contribution in [0.3, 0.4) is 0 Å². The van der Waals surface area contributed by atoms with E-state index in [-0.39, 0.29) is 37.6 Å². The van der Waals surface area contributed by atoms with E-state index in [1.54, 1.807) is 0 Å². The second-order valence-electron chi connectivity index (χ2n) is 6.42. The van der Waals surface area contributed by atoms with Crippen molar-refractivity contribution >= 4 is 11.9 Å². The summed E-state index contributed by atoms with van der Waals surface area (Å²) in [5, 5.41) is 0. The Hall–Kier alpha value is -2.89. The number of ketones is 1. The van der Waals surface area contributed by atoms with E-state index in [1.807, 2.05) is 30.3 Å². The zero-order chi connectivity index (χ0) is 17.4. The highest BCUT2D eigenvalue weighted by Crippen LogP contribution is 2.39. The molecule has 1 amide bonds. The van der Waals surface area contributed by atoms with Crippen molar-refractivity contribution in [2.24, 2.45) is 0 Å². The van der Waals surface area contributed by atoms with Gasteiger partial charge < -0.3 is 14.4 Å². The number of carbonyl (C=O) groups is 2. The lowest BCUT2D eigenvalue weighted by Gasteiger charge is -2.50. The van der Waals surface area contributed by atoms with E-state index >= 15 is 0 Å². The first kappa shape index (κ1) is 15.6. The monoisotopic (exact) mass is 341 g/mol. The van der Waals surface area contributed by atoms with E-state index in [2.05, 4.69) is 0 Å². The first-order valence-electron chi connectivity index (χ1n) is 8.02. The van der Waals surface area contributed by atoms with Crippen LogP contribution in [0, 0.1) is 5.82 Å². The minimum atomic E-state index is -0.774. The average Bonchev–Trinajstić information content (AvgIpc) is 2.58. The third-order valence-corrected chi connectivity index (χ3v) is 4.47. The predicted octanol–water partition coefficient (Wildman–Crippen LogP) is 3.18. The third-order valence-electron chi connectivity index (χ3n) is 4.47. The highest BCUT2D eigenvalue weighted by atomic mass is 19.1. The number of amides is 1. The molecule has 0 atom stereocenters. The summed E-state index contributed by atoms with van der Waals surface area (Å²) < 4.78 is 24.5. The number of Topliss-reactive ketones (excluding diaryl/α,β-unsaturated/α-hetero) is 1. The van der Waals surface area contributed by atoms with Crippen LogP contribution < -0.4 is 4.74 Å². The van der Waals surface area contributed by atoms with Gasteiger partial charge in [0.25, 0.3) is 0 Å². The molecule has 0 unspecified atom stereocenters. The summed E-state index contributed by atoms with van der Waals surface area (Å²) in [7, 11) is 0. The van der Waals surface area contributed by atoms with Crippen molar-refractivity contribution < 1.29 is 23.5 Å². The maximum atomic E-state index is 13.4. The average molecular weight is 341 g/mol. The third kappa shape index (κ3) is 2.95. The molecule has 0 aliphatic carbocycles. The van der Waals surface area contributed by atoms with Crippen LogP contribution in [0.1, 0.15) is 22.3 Å². The van der Waals surface area contributed by atoms with Gasteiger partial charge in [0.15, 0.2) is 11.4 Å². The molecule has 5 nitrogen and oxygen atoms in total. The molecule has 1 saturated heterocycles. The molecule has 0 aromatic heterocycles. The number of likely N-dealkylation sites (tertiary alicyclic amines) is 1. The van der Waals surface area contributed by atoms with Gasteiger partial charge in [-0.1, -0.05) is 30.3 Å². The molecule has 0 N–H and O–H groups in total. The van der Waals surface area contributed by atoms with Gasteiger partial charge in [-0.2, -0.15) is 0 Å². The van der Waals surface area contributed by atoms with E-state index in [0.29, 0.717) is 5.56 Å². The standard InChI is InChI=1S/C19H16FNO4/c20-14-6-7-15-16(22)9-19(25-17(15)8-14)11-21(12-19)18(23)24-10-13-4-2-1-3-5-13/h1-8H,9-12H2. The minimum Gasteiger partial charge on any atom is -0.482 e. The van der Waals surface area contributed by atoms with Gasteiger partial charge in [-0.15, -0.1) is 0 Å². The number of hydrogen-bond acceptors (Lipinski definition) is 4. The maximum Gasteiger partial charge on any atom is 0.410 e. The first-order chi connectivity index (χ1) is 12.0. The van der Waals surface area contributed by atoms with Crippen molar-refractivity contribution in [3.05, 3.63) is 65.5 Å². The van der Waals surface area contributed by atoms with Gasteiger partial charge in [-0.25, -0.2) is 9.18 Å². The summed E-state index contributed by atoms with van der Waals surface area (Å²) in [6.45, 7) is 0.696. The molecule has 1 fully saturated rings. The zero-order valence-corrected chi connectivity index (χ0v) is 13.4. The van der Waals surface area contributed by atoms with Crippen LogP contribution in [0.25, 0.3) is 0 Å². The topological polar surface area (TPSA) is 55.8 Å². The van der Waals surface area contributed by atoms with Crippen LogP contribution in [-0.4, -0.2) is 35.5 Å². The zero-order valence-electron chi connectivity index (χ0n) is 13.4. The highest BCUT2D eigenvalue weighted by molar-refractivity contribution is 6.00. The Morgan fingerprint density at radius 3 is 2.72 bits per heavy atom. The molecule has 2 heterocycles. The second kappa shape index (κ2) is 5.88. The first-order valence-corrected chi connectivity index (χ1v) is 8.02.